The van der Waals surface area contributed by atoms with E-state index in [4.69, 9.17) is 162 Å². The van der Waals surface area contributed by atoms with Crippen LogP contribution >= 0.6 is 95.1 Å². The lowest BCUT2D eigenvalue weighted by Gasteiger charge is -2.26. The number of halogens is 2. The Morgan fingerprint density at radius 2 is 0.784 bits per heavy atom. The Morgan fingerprint density at radius 1 is 0.471 bits per heavy atom. The minimum atomic E-state index is -4.29. The third-order valence-electron chi connectivity index (χ3n) is 15.5. The van der Waals surface area contributed by atoms with E-state index in [0.717, 1.165) is 22.2 Å². The van der Waals surface area contributed by atoms with Gasteiger partial charge in [-0.05, 0) is 62.7 Å². The Morgan fingerprint density at radius 3 is 1.15 bits per heavy atom. The largest absolute Gasteiger partial charge is 0.780 e. The van der Waals surface area contributed by atoms with Crippen molar-refractivity contribution in [3.8, 4) is 0 Å². The topological polar surface area (TPSA) is 401 Å². The van der Waals surface area contributed by atoms with Gasteiger partial charge < -0.3 is 137 Å². The fourth-order valence-corrected chi connectivity index (χ4v) is 18.1. The molecule has 16 radical (unpaired) electrons. The van der Waals surface area contributed by atoms with Crippen LogP contribution in [0.4, 0.5) is 0 Å². The highest BCUT2D eigenvalue weighted by molar-refractivity contribution is 14.1. The SMILES string of the molecule is [B][C@H]1CC(NC(=O)CI)[C@@H](COC)O1.[B][C@H]1CC(NC(=O)CSP(=O)([O-])OC[C@H]2O[C@@H]([B])CC2OC)[C@@H](COC)O1.[B][C@H]1CC(OC)[C@@H](CI)O1.[B][C@H]1CC(OC)[C@@H](COP([O-])(O)=S)O1.[B][C@H]1CC(OC)[C@@H](CSP(=O)(O)OC2C[C@H]([B])O[C@@H]2COC)O1.[B][C@H]1CC(OP(=O)(O)[S-])[C@@H](COC)O1. The van der Waals surface area contributed by atoms with E-state index in [1.54, 1.807) is 21.3 Å². The van der Waals surface area contributed by atoms with Crippen LogP contribution in [0.5, 0.6) is 0 Å². The van der Waals surface area contributed by atoms with Crippen LogP contribution < -0.4 is 20.4 Å². The lowest BCUT2D eigenvalue weighted by molar-refractivity contribution is -0.204. The Hall–Kier alpha value is 2.31. The number of alkyl halides is 2. The van der Waals surface area contributed by atoms with Crippen LogP contribution in [0.1, 0.15) is 51.4 Å². The molecule has 0 aromatic heterocycles. The van der Waals surface area contributed by atoms with Gasteiger partial charge in [-0.25, -0.2) is 4.57 Å². The van der Waals surface area contributed by atoms with Crippen molar-refractivity contribution in [3.63, 3.8) is 0 Å². The van der Waals surface area contributed by atoms with Gasteiger partial charge in [0.25, 0.3) is 0 Å². The summed E-state index contributed by atoms with van der Waals surface area (Å²) >= 11 is 13.9. The van der Waals surface area contributed by atoms with Gasteiger partial charge in [-0.2, -0.15) is 0 Å². The zero-order valence-corrected chi connectivity index (χ0v) is 68.9. The third kappa shape index (κ3) is 38.9. The number of nitrogens with one attached hydrogen (secondary N) is 2. The predicted octanol–water partition coefficient (Wildman–Crippen LogP) is -1.27. The van der Waals surface area contributed by atoms with Gasteiger partial charge in [0.15, 0.2) is 13.6 Å². The maximum Gasteiger partial charge on any atom is 0.387 e. The van der Waals surface area contributed by atoms with Crippen LogP contribution in [0.15, 0.2) is 0 Å². The van der Waals surface area contributed by atoms with Gasteiger partial charge in [-0.3, -0.25) is 23.2 Å². The standard InChI is InChI=1S/C14H24B2NO8PS.C12H21B2O7PS.C8H13BINO3.C6H10BIO2.2C6H12BO5PS/c1-21-5-10-8(3-12(15)24-10)17-14(18)7-27-26(19,20)23-6-11-9(22-2)4-13(16)25-11;1-17-5-9-8(4-12(14)19-9)21-22(15,16)23-6-10-7(18-2)3-11(13)20-10;1-13-4-6-5(2-7(9)14-6)11-8(12)3-10;1-9-4-2-6(7)10-5(4)3-8;1-10-4-2-6(7)12-5(4)3-11-13(8,9)14;1-10-3-5-4(2-6(7)11-5)12-13(8,9)14/h8-13H,3-7H2,1-2H3,(H,17,18)(H,19,20);7-12H,3-6H2,1-2H3,(H,15,16);5-7H,2-4H2,1H3,(H,11,12);4-6H,2-3H2,1H3;2*4-6H,2-3H2,1H3,(H2,8,9,14)/p-3/t8?,9?,10-,11-,12-,13-;7?,8?,9-,10-,11-,12-;5?,6-,7-;3*4?,5-,6-/m111111/s1. The molecule has 5 N–H and O–H groups in total. The number of hydrogen-bond acceptors (Lipinski definition) is 31. The predicted molar refractivity (Wildman–Crippen MR) is 402 cm³/mol. The van der Waals surface area contributed by atoms with E-state index in [9.17, 15) is 38.0 Å². The fourth-order valence-electron chi connectivity index (χ4n) is 10.9. The molecule has 102 heavy (non-hydrogen) atoms. The lowest BCUT2D eigenvalue weighted by Crippen LogP contribution is -2.43. The highest BCUT2D eigenvalue weighted by Crippen LogP contribution is 2.58. The van der Waals surface area contributed by atoms with Crippen LogP contribution in [-0.4, -0.2) is 352 Å². The minimum absolute atomic E-state index is 0.00871. The molecule has 12 unspecified atom stereocenters. The van der Waals surface area contributed by atoms with Crippen molar-refractivity contribution in [1.29, 1.82) is 0 Å². The van der Waals surface area contributed by atoms with E-state index in [1.165, 1.54) is 35.5 Å². The van der Waals surface area contributed by atoms with Crippen molar-refractivity contribution >= 4 is 194 Å². The first-order valence-electron chi connectivity index (χ1n) is 31.6. The van der Waals surface area contributed by atoms with Crippen LogP contribution in [-0.2, 0) is 141 Å². The van der Waals surface area contributed by atoms with E-state index < -0.39 is 106 Å². The quantitative estimate of drug-likeness (QED) is 0.0172. The molecule has 8 fully saturated rings. The zero-order chi connectivity index (χ0) is 76.7. The van der Waals surface area contributed by atoms with Crippen molar-refractivity contribution in [1.82, 2.24) is 10.6 Å². The number of methoxy groups -OCH3 is 8. The van der Waals surface area contributed by atoms with Crippen LogP contribution in [0.25, 0.3) is 0 Å². The summed E-state index contributed by atoms with van der Waals surface area (Å²) in [5.74, 6) is -0.522. The highest BCUT2D eigenvalue weighted by atomic mass is 127. The number of amides is 2. The third-order valence-corrected chi connectivity index (χ3v) is 24.5. The number of carbonyl (C=O) groups is 2. The average Bonchev–Trinajstić information content (AvgIpc) is 1.49. The van der Waals surface area contributed by atoms with Gasteiger partial charge in [-0.1, -0.05) is 68.4 Å². The second-order valence-electron chi connectivity index (χ2n) is 23.4. The molecule has 8 saturated heterocycles. The van der Waals surface area contributed by atoms with E-state index in [1.807, 2.05) is 22.6 Å². The first kappa shape index (κ1) is 98.5. The summed E-state index contributed by atoms with van der Waals surface area (Å²) in [5.41, 5.74) is 0. The first-order chi connectivity index (χ1) is 47.9. The molecule has 8 aliphatic heterocycles. The molecule has 32 nitrogen and oxygen atoms in total. The van der Waals surface area contributed by atoms with Gasteiger partial charge in [0.1, 0.15) is 106 Å². The van der Waals surface area contributed by atoms with Gasteiger partial charge in [0.05, 0.1) is 111 Å². The van der Waals surface area contributed by atoms with Crippen molar-refractivity contribution in [3.05, 3.63) is 0 Å². The van der Waals surface area contributed by atoms with Crippen LogP contribution in [0, 0.1) is 0 Å². The summed E-state index contributed by atoms with van der Waals surface area (Å²) in [6.45, 7) is -15.0. The molecule has 8 aliphatic rings. The molecular formula is C52H89B8I2N2O30P4S4-3. The van der Waals surface area contributed by atoms with Gasteiger partial charge in [0, 0.05) is 115 Å². The minimum Gasteiger partial charge on any atom is -0.780 e. The maximum atomic E-state index is 12.3. The number of ether oxygens (including phenoxy) is 16. The number of carbonyl (C=O) groups excluding carboxylic acids is 2. The summed E-state index contributed by atoms with van der Waals surface area (Å²) in [6, 6.07) is -3.66. The monoisotopic (exact) mass is 1820 g/mol. The van der Waals surface area contributed by atoms with E-state index in [2.05, 4.69) is 61.8 Å². The Balaban J connectivity index is 0.000000328. The first-order valence-corrected chi connectivity index (χ1v) is 46.1. The summed E-state index contributed by atoms with van der Waals surface area (Å²) in [4.78, 5) is 73.6. The molecule has 8 heterocycles. The summed E-state index contributed by atoms with van der Waals surface area (Å²) in [6.07, 6.45) is -0.116. The van der Waals surface area contributed by atoms with Crippen LogP contribution in [0.3, 0.4) is 0 Å². The molecule has 50 heteroatoms. The molecule has 572 valence electrons. The molecular weight excluding hydrogens is 1730 g/mol. The van der Waals surface area contributed by atoms with Gasteiger partial charge >= 0.3 is 6.80 Å². The van der Waals surface area contributed by atoms with Crippen molar-refractivity contribution in [2.45, 2.75) is 197 Å². The van der Waals surface area contributed by atoms with E-state index in [-0.39, 0.29) is 123 Å². The molecule has 0 spiro atoms. The summed E-state index contributed by atoms with van der Waals surface area (Å²) in [5, 5.41) is 5.58. The Kier molecular flexibility index (Phi) is 48.8. The molecule has 0 aromatic carbocycles. The molecule has 0 saturated carbocycles. The molecule has 2 amide bonds. The zero-order valence-electron chi connectivity index (χ0n) is 57.7. The number of hydrogen-bond donors (Lipinski definition) is 5. The lowest BCUT2D eigenvalue weighted by atomic mass is 9.95. The molecule has 28 atom stereocenters. The van der Waals surface area contributed by atoms with Crippen molar-refractivity contribution < 1.29 is 142 Å². The average molecular weight is 1810 g/mol. The van der Waals surface area contributed by atoms with E-state index in [0.29, 0.717) is 67.4 Å². The summed E-state index contributed by atoms with van der Waals surface area (Å²) < 4.78 is 140. The molecule has 0 aromatic rings. The second-order valence-corrected chi connectivity index (χ2v) is 37.9. The van der Waals surface area contributed by atoms with Crippen molar-refractivity contribution in [2.75, 3.05) is 117 Å². The number of rotatable bonds is 32. The summed E-state index contributed by atoms with van der Waals surface area (Å²) in [7, 11) is 57.4. The Labute approximate surface area is 654 Å². The smallest absolute Gasteiger partial charge is 0.387 e. The fraction of sp³-hybridized carbons (Fsp3) is 0.962. The molecule has 8 rings (SSSR count). The van der Waals surface area contributed by atoms with Crippen molar-refractivity contribution in [2.24, 2.45) is 0 Å². The van der Waals surface area contributed by atoms with Crippen LogP contribution in [0.2, 0.25) is 0 Å². The Bertz CT molecular complexity index is 2590. The van der Waals surface area contributed by atoms with Gasteiger partial charge in [-0.15, -0.1) is 0 Å². The normalized spacial score (nSPS) is 37.0. The maximum absolute atomic E-state index is 12.3. The molecule has 0 aliphatic carbocycles. The van der Waals surface area contributed by atoms with Gasteiger partial charge in [0.2, 0.25) is 11.8 Å². The second kappa shape index (κ2) is 50.5. The molecule has 0 bridgehead atoms. The van der Waals surface area contributed by atoms with E-state index >= 15 is 0 Å². The highest BCUT2D eigenvalue weighted by Gasteiger charge is 2.43.